The van der Waals surface area contributed by atoms with Crippen molar-refractivity contribution in [3.05, 3.63) is 137 Å². The van der Waals surface area contributed by atoms with Gasteiger partial charge in [0.1, 0.15) is 24.1 Å². The molecule has 43 heavy (non-hydrogen) atoms. The standard InChI is InChI=1S/C38H39NO4/c1-41-37(42-2)30-21-23-39(24-22-30)33-16-14-32(15-17-33)38(27-40)35(29-11-7-4-8-12-29)19-13-31-25-34(18-20-36(31)38)43-26-28-9-5-3-6-10-28/h3-12,14-20,25,27,30,37H,13,21-24,26H2,1-2H3. The highest BCUT2D eigenvalue weighted by Crippen LogP contribution is 2.48. The van der Waals surface area contributed by atoms with Crippen LogP contribution in [0.5, 0.6) is 5.75 Å². The van der Waals surface area contributed by atoms with E-state index in [1.807, 2.05) is 42.5 Å². The first-order valence-electron chi connectivity index (χ1n) is 15.1. The lowest BCUT2D eigenvalue weighted by atomic mass is 9.64. The number of hydrogen-bond donors (Lipinski definition) is 0. The Morgan fingerprint density at radius 1 is 0.860 bits per heavy atom. The second-order valence-corrected chi connectivity index (χ2v) is 11.4. The van der Waals surface area contributed by atoms with Crippen LogP contribution in [0.4, 0.5) is 5.69 Å². The quantitative estimate of drug-likeness (QED) is 0.148. The zero-order valence-electron chi connectivity index (χ0n) is 24.9. The zero-order chi connectivity index (χ0) is 29.6. The Labute approximate surface area is 254 Å². The number of nitrogens with zero attached hydrogens (tertiary/aromatic N) is 1. The Hall–Kier alpha value is -4.19. The first-order valence-corrected chi connectivity index (χ1v) is 15.1. The first kappa shape index (κ1) is 28.9. The summed E-state index contributed by atoms with van der Waals surface area (Å²) in [7, 11) is 3.42. The third kappa shape index (κ3) is 5.75. The summed E-state index contributed by atoms with van der Waals surface area (Å²) in [4.78, 5) is 15.9. The van der Waals surface area contributed by atoms with Gasteiger partial charge in [-0.25, -0.2) is 0 Å². The van der Waals surface area contributed by atoms with Crippen LogP contribution < -0.4 is 9.64 Å². The molecule has 0 amide bonds. The molecule has 5 nitrogen and oxygen atoms in total. The lowest BCUT2D eigenvalue weighted by Gasteiger charge is -2.38. The number of fused-ring (bicyclic) bond motifs is 1. The van der Waals surface area contributed by atoms with Crippen molar-refractivity contribution in [3.63, 3.8) is 0 Å². The molecule has 1 aliphatic carbocycles. The van der Waals surface area contributed by atoms with Gasteiger partial charge in [-0.2, -0.15) is 0 Å². The van der Waals surface area contributed by atoms with Crippen LogP contribution in [0.15, 0.2) is 109 Å². The molecule has 0 saturated carbocycles. The topological polar surface area (TPSA) is 48.0 Å². The van der Waals surface area contributed by atoms with Crippen molar-refractivity contribution in [3.8, 4) is 5.75 Å². The molecule has 4 aromatic carbocycles. The van der Waals surface area contributed by atoms with E-state index in [1.54, 1.807) is 14.2 Å². The molecule has 5 heteroatoms. The maximum Gasteiger partial charge on any atom is 0.159 e. The Kier molecular flexibility index (Phi) is 8.73. The fourth-order valence-corrected chi connectivity index (χ4v) is 6.79. The van der Waals surface area contributed by atoms with Crippen LogP contribution >= 0.6 is 0 Å². The average molecular weight is 574 g/mol. The van der Waals surface area contributed by atoms with Gasteiger partial charge >= 0.3 is 0 Å². The number of anilines is 1. The van der Waals surface area contributed by atoms with E-state index in [-0.39, 0.29) is 6.29 Å². The number of ether oxygens (including phenoxy) is 3. The molecule has 220 valence electrons. The fourth-order valence-electron chi connectivity index (χ4n) is 6.79. The smallest absolute Gasteiger partial charge is 0.159 e. The van der Waals surface area contributed by atoms with E-state index < -0.39 is 5.41 Å². The first-order chi connectivity index (χ1) is 21.2. The monoisotopic (exact) mass is 573 g/mol. The number of aldehydes is 1. The molecular formula is C38H39NO4. The summed E-state index contributed by atoms with van der Waals surface area (Å²) in [6.45, 7) is 2.38. The molecule has 1 unspecified atom stereocenters. The van der Waals surface area contributed by atoms with E-state index in [2.05, 4.69) is 71.6 Å². The number of carbonyl (C=O) groups is 1. The maximum absolute atomic E-state index is 13.5. The molecule has 0 radical (unpaired) electrons. The number of rotatable bonds is 10. The highest BCUT2D eigenvalue weighted by molar-refractivity contribution is 5.98. The van der Waals surface area contributed by atoms with E-state index in [9.17, 15) is 4.79 Å². The van der Waals surface area contributed by atoms with E-state index in [0.717, 1.165) is 77.8 Å². The van der Waals surface area contributed by atoms with Gasteiger partial charge < -0.3 is 23.9 Å². The van der Waals surface area contributed by atoms with Crippen LogP contribution in [0.3, 0.4) is 0 Å². The number of allylic oxidation sites excluding steroid dienone is 2. The van der Waals surface area contributed by atoms with Gasteiger partial charge in [0.05, 0.1) is 0 Å². The van der Waals surface area contributed by atoms with Crippen molar-refractivity contribution < 1.29 is 19.0 Å². The molecule has 1 atom stereocenters. The fraction of sp³-hybridized carbons (Fsp3) is 0.289. The minimum atomic E-state index is -0.928. The van der Waals surface area contributed by atoms with Crippen LogP contribution in [0, 0.1) is 5.92 Å². The molecule has 6 rings (SSSR count). The van der Waals surface area contributed by atoms with Gasteiger partial charge in [0, 0.05) is 38.9 Å². The molecule has 1 aliphatic heterocycles. The Bertz CT molecular complexity index is 1540. The number of carbonyl (C=O) groups excluding carboxylic acids is 1. The predicted molar refractivity (Wildman–Crippen MR) is 171 cm³/mol. The lowest BCUT2D eigenvalue weighted by molar-refractivity contribution is -0.141. The van der Waals surface area contributed by atoms with Gasteiger partial charge in [-0.15, -0.1) is 0 Å². The van der Waals surface area contributed by atoms with Crippen LogP contribution in [-0.4, -0.2) is 39.9 Å². The van der Waals surface area contributed by atoms with Gasteiger partial charge in [0.2, 0.25) is 0 Å². The normalized spacial score (nSPS) is 18.7. The Morgan fingerprint density at radius 3 is 2.19 bits per heavy atom. The number of methoxy groups -OCH3 is 2. The molecule has 0 N–H and O–H groups in total. The molecule has 4 aromatic rings. The second kappa shape index (κ2) is 13.0. The highest BCUT2D eigenvalue weighted by atomic mass is 16.7. The molecule has 1 heterocycles. The summed E-state index contributed by atoms with van der Waals surface area (Å²) >= 11 is 0. The third-order valence-electron chi connectivity index (χ3n) is 9.04. The van der Waals surface area contributed by atoms with Crippen LogP contribution in [0.2, 0.25) is 0 Å². The zero-order valence-corrected chi connectivity index (χ0v) is 24.9. The predicted octanol–water partition coefficient (Wildman–Crippen LogP) is 7.23. The Balaban J connectivity index is 1.31. The maximum atomic E-state index is 13.5. The van der Waals surface area contributed by atoms with E-state index in [0.29, 0.717) is 12.5 Å². The van der Waals surface area contributed by atoms with E-state index >= 15 is 0 Å². The summed E-state index contributed by atoms with van der Waals surface area (Å²) in [5.41, 5.74) is 6.52. The van der Waals surface area contributed by atoms with Crippen molar-refractivity contribution >= 4 is 17.5 Å². The number of benzene rings is 4. The van der Waals surface area contributed by atoms with Crippen molar-refractivity contribution in [1.29, 1.82) is 0 Å². The lowest BCUT2D eigenvalue weighted by Crippen LogP contribution is -2.39. The molecule has 0 bridgehead atoms. The second-order valence-electron chi connectivity index (χ2n) is 11.4. The third-order valence-corrected chi connectivity index (χ3v) is 9.04. The summed E-state index contributed by atoms with van der Waals surface area (Å²) in [6.07, 6.45) is 5.94. The largest absolute Gasteiger partial charge is 0.489 e. The summed E-state index contributed by atoms with van der Waals surface area (Å²) < 4.78 is 17.2. The van der Waals surface area contributed by atoms with Gasteiger partial charge in [0.15, 0.2) is 6.29 Å². The Morgan fingerprint density at radius 2 is 1.53 bits per heavy atom. The van der Waals surface area contributed by atoms with E-state index in [4.69, 9.17) is 14.2 Å². The molecule has 0 aromatic heterocycles. The van der Waals surface area contributed by atoms with Gasteiger partial charge in [0.25, 0.3) is 0 Å². The van der Waals surface area contributed by atoms with Crippen molar-refractivity contribution in [2.24, 2.45) is 5.92 Å². The minimum absolute atomic E-state index is 0.157. The van der Waals surface area contributed by atoms with Crippen LogP contribution in [0.25, 0.3) is 5.57 Å². The average Bonchev–Trinajstić information content (AvgIpc) is 3.08. The summed E-state index contributed by atoms with van der Waals surface area (Å²) in [5, 5.41) is 0. The van der Waals surface area contributed by atoms with Gasteiger partial charge in [-0.05, 0) is 76.9 Å². The molecule has 0 spiro atoms. The SMILES string of the molecule is COC(OC)C1CCN(c2ccc(C3(C=O)C(c4ccccc4)=CCc4cc(OCc5ccccc5)ccc43)cc2)CC1. The van der Waals surface area contributed by atoms with Crippen molar-refractivity contribution in [2.75, 3.05) is 32.2 Å². The number of piperidine rings is 1. The van der Waals surface area contributed by atoms with Crippen LogP contribution in [-0.2, 0) is 32.7 Å². The van der Waals surface area contributed by atoms with Crippen molar-refractivity contribution in [2.45, 2.75) is 37.6 Å². The molecule has 1 fully saturated rings. The summed E-state index contributed by atoms with van der Waals surface area (Å²) in [5.74, 6) is 1.20. The minimum Gasteiger partial charge on any atom is -0.489 e. The van der Waals surface area contributed by atoms with Gasteiger partial charge in [-0.1, -0.05) is 84.9 Å². The van der Waals surface area contributed by atoms with Crippen molar-refractivity contribution in [1.82, 2.24) is 0 Å². The summed E-state index contributed by atoms with van der Waals surface area (Å²) in [6, 6.07) is 35.2. The molecular weight excluding hydrogens is 534 g/mol. The number of hydrogen-bond acceptors (Lipinski definition) is 5. The molecule has 2 aliphatic rings. The van der Waals surface area contributed by atoms with E-state index in [1.165, 1.54) is 5.69 Å². The highest BCUT2D eigenvalue weighted by Gasteiger charge is 2.42. The molecule has 1 saturated heterocycles. The van der Waals surface area contributed by atoms with Gasteiger partial charge in [-0.3, -0.25) is 0 Å². The van der Waals surface area contributed by atoms with Crippen LogP contribution in [0.1, 0.15) is 40.7 Å².